The first-order valence-corrected chi connectivity index (χ1v) is 7.53. The molecule has 0 bridgehead atoms. The van der Waals surface area contributed by atoms with Gasteiger partial charge < -0.3 is 5.32 Å². The van der Waals surface area contributed by atoms with Gasteiger partial charge in [0, 0.05) is 26.2 Å². The third kappa shape index (κ3) is 3.36. The van der Waals surface area contributed by atoms with Crippen LogP contribution in [0.25, 0.3) is 0 Å². The highest BCUT2D eigenvalue weighted by atomic mass is 35.5. The van der Waals surface area contributed by atoms with Crippen LogP contribution in [0.1, 0.15) is 5.56 Å². The predicted molar refractivity (Wildman–Crippen MR) is 73.2 cm³/mol. The second kappa shape index (κ2) is 5.75. The first kappa shape index (κ1) is 14.1. The van der Waals surface area contributed by atoms with E-state index in [0.29, 0.717) is 36.9 Å². The molecular formula is C11H13ClN4O2S. The monoisotopic (exact) mass is 300 g/mol. The summed E-state index contributed by atoms with van der Waals surface area (Å²) in [7, 11) is -3.58. The van der Waals surface area contributed by atoms with Crippen molar-refractivity contribution in [3.05, 3.63) is 28.8 Å². The first-order chi connectivity index (χ1) is 9.03. The van der Waals surface area contributed by atoms with E-state index in [2.05, 4.69) is 10.0 Å². The molecule has 19 heavy (non-hydrogen) atoms. The number of benzene rings is 1. The van der Waals surface area contributed by atoms with Gasteiger partial charge in [0.2, 0.25) is 0 Å². The Hall–Kier alpha value is -1.33. The van der Waals surface area contributed by atoms with Crippen LogP contribution in [0.3, 0.4) is 0 Å². The normalized spacial score (nSPS) is 16.8. The lowest BCUT2D eigenvalue weighted by Gasteiger charge is -2.26. The maximum Gasteiger partial charge on any atom is 0.301 e. The zero-order valence-electron chi connectivity index (χ0n) is 10.1. The van der Waals surface area contributed by atoms with E-state index in [9.17, 15) is 8.42 Å². The molecule has 0 aliphatic carbocycles. The number of hydrogen-bond acceptors (Lipinski definition) is 4. The third-order valence-corrected chi connectivity index (χ3v) is 4.62. The summed E-state index contributed by atoms with van der Waals surface area (Å²) in [5.41, 5.74) is 0.571. The molecule has 1 aromatic carbocycles. The smallest absolute Gasteiger partial charge is 0.301 e. The summed E-state index contributed by atoms with van der Waals surface area (Å²) in [6, 6.07) is 6.36. The van der Waals surface area contributed by atoms with Crippen LogP contribution in [0.15, 0.2) is 18.2 Å². The Bertz CT molecular complexity index is 606. The highest BCUT2D eigenvalue weighted by Crippen LogP contribution is 2.21. The van der Waals surface area contributed by atoms with Crippen LogP contribution in [-0.4, -0.2) is 38.9 Å². The van der Waals surface area contributed by atoms with Crippen molar-refractivity contribution in [2.24, 2.45) is 0 Å². The number of halogens is 1. The molecule has 1 saturated heterocycles. The Balaban J connectivity index is 2.18. The number of nitrogens with zero attached hydrogens (tertiary/aromatic N) is 2. The van der Waals surface area contributed by atoms with E-state index in [1.807, 2.05) is 6.07 Å². The summed E-state index contributed by atoms with van der Waals surface area (Å²) in [5.74, 6) is 0. The number of anilines is 1. The van der Waals surface area contributed by atoms with Crippen molar-refractivity contribution >= 4 is 27.5 Å². The molecule has 2 rings (SSSR count). The maximum atomic E-state index is 12.1. The number of hydrogen-bond donors (Lipinski definition) is 2. The summed E-state index contributed by atoms with van der Waals surface area (Å²) in [6.45, 7) is 2.11. The Morgan fingerprint density at radius 3 is 2.68 bits per heavy atom. The Labute approximate surface area is 117 Å². The molecule has 1 fully saturated rings. The fraction of sp³-hybridized carbons (Fsp3) is 0.364. The number of rotatable bonds is 3. The minimum atomic E-state index is -3.58. The van der Waals surface area contributed by atoms with E-state index in [0.717, 1.165) is 0 Å². The first-order valence-electron chi connectivity index (χ1n) is 5.71. The Morgan fingerprint density at radius 1 is 1.37 bits per heavy atom. The van der Waals surface area contributed by atoms with Crippen molar-refractivity contribution in [3.8, 4) is 6.07 Å². The average Bonchev–Trinajstić information content (AvgIpc) is 2.42. The summed E-state index contributed by atoms with van der Waals surface area (Å²) >= 11 is 5.80. The van der Waals surface area contributed by atoms with Crippen molar-refractivity contribution in [3.63, 3.8) is 0 Å². The van der Waals surface area contributed by atoms with Crippen LogP contribution in [0, 0.1) is 11.3 Å². The van der Waals surface area contributed by atoms with Gasteiger partial charge in [-0.25, -0.2) is 0 Å². The molecule has 6 nitrogen and oxygen atoms in total. The third-order valence-electron chi connectivity index (χ3n) is 2.75. The molecule has 0 amide bonds. The van der Waals surface area contributed by atoms with Crippen LogP contribution in [0.5, 0.6) is 0 Å². The maximum absolute atomic E-state index is 12.1. The van der Waals surface area contributed by atoms with E-state index < -0.39 is 10.2 Å². The number of nitrogens with one attached hydrogen (secondary N) is 2. The van der Waals surface area contributed by atoms with E-state index >= 15 is 0 Å². The summed E-state index contributed by atoms with van der Waals surface area (Å²) in [4.78, 5) is 0. The largest absolute Gasteiger partial charge is 0.314 e. The van der Waals surface area contributed by atoms with Crippen molar-refractivity contribution < 1.29 is 8.42 Å². The highest BCUT2D eigenvalue weighted by Gasteiger charge is 2.23. The van der Waals surface area contributed by atoms with E-state index in [1.54, 1.807) is 0 Å². The fourth-order valence-corrected chi connectivity index (χ4v) is 3.15. The van der Waals surface area contributed by atoms with Gasteiger partial charge in [0.15, 0.2) is 0 Å². The SMILES string of the molecule is N#Cc1cc(NS(=O)(=O)N2CCNCC2)ccc1Cl. The van der Waals surface area contributed by atoms with Gasteiger partial charge in [0.05, 0.1) is 16.3 Å². The molecule has 0 aromatic heterocycles. The van der Waals surface area contributed by atoms with Gasteiger partial charge >= 0.3 is 10.2 Å². The molecule has 0 atom stereocenters. The van der Waals surface area contributed by atoms with Crippen molar-refractivity contribution in [2.45, 2.75) is 0 Å². The van der Waals surface area contributed by atoms with Crippen LogP contribution in [0.4, 0.5) is 5.69 Å². The second-order valence-corrected chi connectivity index (χ2v) is 6.14. The molecule has 0 radical (unpaired) electrons. The molecule has 2 N–H and O–H groups in total. The van der Waals surface area contributed by atoms with E-state index in [1.165, 1.54) is 22.5 Å². The van der Waals surface area contributed by atoms with Crippen LogP contribution in [-0.2, 0) is 10.2 Å². The van der Waals surface area contributed by atoms with E-state index in [4.69, 9.17) is 16.9 Å². The van der Waals surface area contributed by atoms with Crippen molar-refractivity contribution in [2.75, 3.05) is 30.9 Å². The quantitative estimate of drug-likeness (QED) is 0.863. The zero-order valence-corrected chi connectivity index (χ0v) is 11.6. The molecule has 0 unspecified atom stereocenters. The molecule has 102 valence electrons. The van der Waals surface area contributed by atoms with Crippen molar-refractivity contribution in [1.29, 1.82) is 5.26 Å². The summed E-state index contributed by atoms with van der Waals surface area (Å²) in [6.07, 6.45) is 0. The predicted octanol–water partition coefficient (Wildman–Crippen LogP) is 0.774. The van der Waals surface area contributed by atoms with E-state index in [-0.39, 0.29) is 5.56 Å². The summed E-state index contributed by atoms with van der Waals surface area (Å²) in [5, 5.41) is 12.2. The van der Waals surface area contributed by atoms with Gasteiger partial charge in [-0.05, 0) is 18.2 Å². The zero-order chi connectivity index (χ0) is 13.9. The molecule has 0 spiro atoms. The van der Waals surface area contributed by atoms with Gasteiger partial charge in [-0.1, -0.05) is 11.6 Å². The molecule has 8 heteroatoms. The lowest BCUT2D eigenvalue weighted by Crippen LogP contribution is -2.48. The van der Waals surface area contributed by atoms with Crippen molar-refractivity contribution in [1.82, 2.24) is 9.62 Å². The molecule has 1 aliphatic heterocycles. The van der Waals surface area contributed by atoms with Crippen LogP contribution < -0.4 is 10.0 Å². The second-order valence-electron chi connectivity index (χ2n) is 4.06. The number of piperazine rings is 1. The molecule has 1 aliphatic rings. The Kier molecular flexibility index (Phi) is 4.27. The minimum absolute atomic E-state index is 0.238. The fourth-order valence-electron chi connectivity index (χ4n) is 1.77. The highest BCUT2D eigenvalue weighted by molar-refractivity contribution is 7.90. The van der Waals surface area contributed by atoms with Crippen LogP contribution >= 0.6 is 11.6 Å². The number of nitriles is 1. The molecule has 1 heterocycles. The lowest BCUT2D eigenvalue weighted by atomic mass is 10.2. The van der Waals surface area contributed by atoms with Gasteiger partial charge in [-0.2, -0.15) is 18.0 Å². The standard InChI is InChI=1S/C11H13ClN4O2S/c12-11-2-1-10(7-9(11)8-13)15-19(17,18)16-5-3-14-4-6-16/h1-2,7,14-15H,3-6H2. The molecular weight excluding hydrogens is 288 g/mol. The molecule has 0 saturated carbocycles. The summed E-state index contributed by atoms with van der Waals surface area (Å²) < 4.78 is 28.0. The van der Waals surface area contributed by atoms with Gasteiger partial charge in [0.1, 0.15) is 6.07 Å². The van der Waals surface area contributed by atoms with Crippen LogP contribution in [0.2, 0.25) is 5.02 Å². The molecule has 1 aromatic rings. The topological polar surface area (TPSA) is 85.2 Å². The average molecular weight is 301 g/mol. The lowest BCUT2D eigenvalue weighted by molar-refractivity contribution is 0.362. The van der Waals surface area contributed by atoms with Gasteiger partial charge in [0.25, 0.3) is 0 Å². The van der Waals surface area contributed by atoms with Gasteiger partial charge in [-0.15, -0.1) is 0 Å². The van der Waals surface area contributed by atoms with Gasteiger partial charge in [-0.3, -0.25) is 4.72 Å². The Morgan fingerprint density at radius 2 is 2.05 bits per heavy atom. The minimum Gasteiger partial charge on any atom is -0.314 e.